The number of aliphatic hydroxyl groups is 1. The Kier molecular flexibility index (Phi) is 11.2. The number of fused-ring (bicyclic) bond motifs is 5. The van der Waals surface area contributed by atoms with Crippen molar-refractivity contribution in [3.8, 4) is 0 Å². The average molecular weight is 882 g/mol. The molecule has 0 unspecified atom stereocenters. The molecule has 8 rings (SSSR count). The number of carbonyl (C=O) groups excluding carboxylic acids is 1. The zero-order valence-electron chi connectivity index (χ0n) is 30.4. The predicted octanol–water partition coefficient (Wildman–Crippen LogP) is 9.75. The van der Waals surface area contributed by atoms with Crippen molar-refractivity contribution in [3.63, 3.8) is 0 Å². The van der Waals surface area contributed by atoms with Crippen molar-refractivity contribution in [2.75, 3.05) is 0 Å². The molecule has 0 aliphatic rings. The molecule has 0 amide bonds. The van der Waals surface area contributed by atoms with E-state index >= 15 is 0 Å². The summed E-state index contributed by atoms with van der Waals surface area (Å²) in [6.45, 7) is 10.5. The van der Waals surface area contributed by atoms with Crippen LogP contribution in [-0.2, 0) is 24.9 Å². The fraction of sp³-hybridized carbons (Fsp3) is 0.244. The van der Waals surface area contributed by atoms with E-state index in [-0.39, 0.29) is 43.5 Å². The molecular weight excluding hydrogens is 837 g/mol. The van der Waals surface area contributed by atoms with E-state index in [4.69, 9.17) is 9.40 Å². The Bertz CT molecular complexity index is 2440. The number of ketones is 1. The average Bonchev–Trinajstić information content (AvgIpc) is 3.74. The van der Waals surface area contributed by atoms with Crippen LogP contribution in [-0.4, -0.2) is 28.3 Å². The van der Waals surface area contributed by atoms with Crippen molar-refractivity contribution in [2.24, 2.45) is 11.8 Å². The first-order valence-corrected chi connectivity index (χ1v) is 20.8. The summed E-state index contributed by atoms with van der Waals surface area (Å²) in [5.41, 5.74) is 4.05. The third-order valence-electron chi connectivity index (χ3n) is 10.9. The summed E-state index contributed by atoms with van der Waals surface area (Å²) in [5.74, 6) is 0.547. The van der Waals surface area contributed by atoms with Crippen LogP contribution in [0.3, 0.4) is 0 Å². The molecule has 4 aromatic carbocycles. The van der Waals surface area contributed by atoms with E-state index in [0.717, 1.165) is 53.2 Å². The molecule has 0 saturated heterocycles. The zero-order valence-corrected chi connectivity index (χ0v) is 33.8. The fourth-order valence-corrected chi connectivity index (χ4v) is 11.6. The summed E-state index contributed by atoms with van der Waals surface area (Å²) in [6, 6.07) is 40.1. The third kappa shape index (κ3) is 6.19. The van der Waals surface area contributed by atoms with Gasteiger partial charge < -0.3 is 13.9 Å². The Balaban J connectivity index is 0.000000250. The van der Waals surface area contributed by atoms with E-state index in [1.165, 1.54) is 43.5 Å². The number of furan rings is 1. The van der Waals surface area contributed by atoms with Crippen LogP contribution < -0.4 is 15.8 Å². The van der Waals surface area contributed by atoms with E-state index in [0.29, 0.717) is 0 Å². The van der Waals surface area contributed by atoms with Crippen molar-refractivity contribution in [1.29, 1.82) is 0 Å². The first kappa shape index (κ1) is 37.2. The van der Waals surface area contributed by atoms with Gasteiger partial charge in [0.25, 0.3) is 0 Å². The third-order valence-corrected chi connectivity index (χ3v) is 15.1. The van der Waals surface area contributed by atoms with Crippen LogP contribution in [0.4, 0.5) is 0 Å². The Morgan fingerprint density at radius 2 is 1.38 bits per heavy atom. The molecule has 0 aliphatic carbocycles. The van der Waals surface area contributed by atoms with E-state index in [2.05, 4.69) is 108 Å². The van der Waals surface area contributed by atoms with Gasteiger partial charge in [-0.05, 0) is 47.5 Å². The molecule has 7 heteroatoms. The van der Waals surface area contributed by atoms with Crippen molar-refractivity contribution in [1.82, 2.24) is 9.38 Å². The van der Waals surface area contributed by atoms with Gasteiger partial charge >= 0.3 is 0 Å². The topological polar surface area (TPSA) is 67.7 Å². The molecule has 0 spiro atoms. The monoisotopic (exact) mass is 882 g/mol. The summed E-state index contributed by atoms with van der Waals surface area (Å²) >= 11 is 0. The Morgan fingerprint density at radius 3 is 2.00 bits per heavy atom. The minimum atomic E-state index is -2.50. The van der Waals surface area contributed by atoms with Crippen molar-refractivity contribution >= 4 is 78.8 Å². The normalized spacial score (nSPS) is 12.3. The quantitative estimate of drug-likeness (QED) is 0.0489. The summed E-state index contributed by atoms with van der Waals surface area (Å²) in [4.78, 5) is 16.6. The maximum absolute atomic E-state index is 11.7. The molecule has 0 atom stereocenters. The first-order valence-electron chi connectivity index (χ1n) is 18.3. The number of aliphatic hydroxyl groups excluding tert-OH is 1. The summed E-state index contributed by atoms with van der Waals surface area (Å²) in [7, 11) is -2.50. The van der Waals surface area contributed by atoms with Gasteiger partial charge in [-0.2, -0.15) is 24.3 Å². The number of para-hydroxylation sites is 2. The Labute approximate surface area is 320 Å². The molecule has 4 aromatic heterocycles. The standard InChI is InChI=1S/C32H21N2OSi.C13H24O2.Ir/c1-36(21-11-4-2-5-12-21,22-13-6-3-7-14-22)32-28-25-17-10-16-24-23-15-8-9-18-26(23)34(30(24)25)31-29(28)27(35-32)19-20-33-31;1-5-10(6-2)12(14)9-13(15)11(7-3)8-4;/h2-17,19-20H,1H3;9-11,14H,5-8H2,1-4H3;/q-1;;/b;12-9-;. The molecular formula is C45H45IrN2O3Si-. The van der Waals surface area contributed by atoms with Gasteiger partial charge in [0, 0.05) is 60.5 Å². The first-order chi connectivity index (χ1) is 24.9. The van der Waals surface area contributed by atoms with Gasteiger partial charge in [-0.25, -0.2) is 4.98 Å². The van der Waals surface area contributed by atoms with Gasteiger partial charge in [0.1, 0.15) is 16.6 Å². The molecule has 1 radical (unpaired) electrons. The van der Waals surface area contributed by atoms with Crippen molar-refractivity contribution in [3.05, 3.63) is 127 Å². The molecule has 0 bridgehead atoms. The van der Waals surface area contributed by atoms with Crippen LogP contribution >= 0.6 is 0 Å². The number of hydrogen-bond acceptors (Lipinski definition) is 4. The van der Waals surface area contributed by atoms with Crippen LogP contribution in [0.5, 0.6) is 0 Å². The molecule has 8 aromatic rings. The van der Waals surface area contributed by atoms with Gasteiger partial charge in [0.05, 0.1) is 11.1 Å². The van der Waals surface area contributed by atoms with Gasteiger partial charge in [-0.1, -0.05) is 119 Å². The smallest absolute Gasteiger partial charge is 0.190 e. The van der Waals surface area contributed by atoms with Gasteiger partial charge in [0.15, 0.2) is 13.9 Å². The van der Waals surface area contributed by atoms with Crippen molar-refractivity contribution < 1.29 is 34.4 Å². The van der Waals surface area contributed by atoms with E-state index in [1.54, 1.807) is 0 Å². The number of benzene rings is 4. The molecule has 1 N–H and O–H groups in total. The zero-order chi connectivity index (χ0) is 35.7. The number of pyridine rings is 2. The van der Waals surface area contributed by atoms with E-state index in [1.807, 2.05) is 46.0 Å². The maximum atomic E-state index is 11.7. The minimum Gasteiger partial charge on any atom is -0.512 e. The molecule has 5 nitrogen and oxygen atoms in total. The van der Waals surface area contributed by atoms with Crippen LogP contribution in [0.25, 0.3) is 49.2 Å². The number of nitrogens with zero attached hydrogens (tertiary/aromatic N) is 2. The number of rotatable bonds is 10. The summed E-state index contributed by atoms with van der Waals surface area (Å²) in [5, 5.41) is 19.4. The molecule has 267 valence electrons. The second kappa shape index (κ2) is 15.6. The summed E-state index contributed by atoms with van der Waals surface area (Å²) < 4.78 is 9.20. The molecule has 4 heterocycles. The molecule has 0 saturated carbocycles. The molecule has 0 fully saturated rings. The molecule has 0 aliphatic heterocycles. The second-order valence-corrected chi connectivity index (χ2v) is 17.5. The van der Waals surface area contributed by atoms with Crippen LogP contribution in [0.15, 0.2) is 126 Å². The maximum Gasteiger partial charge on any atom is 0.190 e. The van der Waals surface area contributed by atoms with Gasteiger partial charge in [-0.15, -0.1) is 5.39 Å². The summed E-state index contributed by atoms with van der Waals surface area (Å²) in [6.07, 6.45) is 6.77. The van der Waals surface area contributed by atoms with Crippen LogP contribution in [0.1, 0.15) is 53.4 Å². The minimum absolute atomic E-state index is 0. The number of aromatic nitrogens is 2. The van der Waals surface area contributed by atoms with Gasteiger partial charge in [-0.3, -0.25) is 4.79 Å². The number of allylic oxidation sites excluding steroid dienone is 2. The van der Waals surface area contributed by atoms with E-state index < -0.39 is 8.07 Å². The number of hydrogen-bond donors (Lipinski definition) is 1. The molecule has 52 heavy (non-hydrogen) atoms. The second-order valence-electron chi connectivity index (χ2n) is 13.6. The van der Waals surface area contributed by atoms with Crippen LogP contribution in [0.2, 0.25) is 6.55 Å². The SMILES string of the molecule is CCC(CC)C(=O)/C=C(\O)C(CC)CC.C[Si](c1ccccc1)(c1ccccc1)c1oc2ccnc3c2c1c1cccc2c4ccc[c-]c4n3c21.[Ir]. The van der Waals surface area contributed by atoms with Crippen molar-refractivity contribution in [2.45, 2.75) is 59.9 Å². The van der Waals surface area contributed by atoms with E-state index in [9.17, 15) is 9.90 Å². The van der Waals surface area contributed by atoms with Gasteiger partial charge in [0.2, 0.25) is 0 Å². The van der Waals surface area contributed by atoms with Crippen LogP contribution in [0, 0.1) is 17.9 Å². The Morgan fingerprint density at radius 1 is 0.788 bits per heavy atom. The predicted molar refractivity (Wildman–Crippen MR) is 215 cm³/mol. The largest absolute Gasteiger partial charge is 0.512 e. The Hall–Kier alpha value is -4.55. The number of carbonyl (C=O) groups is 1. The fourth-order valence-electron chi connectivity index (χ4n) is 7.92.